The molecule has 0 spiro atoms. The highest BCUT2D eigenvalue weighted by Crippen LogP contribution is 2.35. The van der Waals surface area contributed by atoms with Crippen molar-refractivity contribution in [3.05, 3.63) is 69.8 Å². The zero-order valence-corrected chi connectivity index (χ0v) is 17.0. The highest BCUT2D eigenvalue weighted by Gasteiger charge is 2.16. The monoisotopic (exact) mass is 332 g/mol. The maximum Gasteiger partial charge on any atom is 0.0440 e. The van der Waals surface area contributed by atoms with Crippen LogP contribution in [0, 0.1) is 12.3 Å². The van der Waals surface area contributed by atoms with E-state index in [9.17, 15) is 0 Å². The lowest BCUT2D eigenvalue weighted by atomic mass is 9.82. The van der Waals surface area contributed by atoms with Crippen molar-refractivity contribution < 1.29 is 0 Å². The Kier molecular flexibility index (Phi) is 8.63. The summed E-state index contributed by atoms with van der Waals surface area (Å²) in [5, 5.41) is 0.891. The maximum absolute atomic E-state index is 5.93. The lowest BCUT2D eigenvalue weighted by Crippen LogP contribution is -2.04. The van der Waals surface area contributed by atoms with Crippen LogP contribution in [0.25, 0.3) is 0 Å². The Hall–Kier alpha value is -1.27. The first kappa shape index (κ1) is 21.7. The summed E-state index contributed by atoms with van der Waals surface area (Å²) in [5.74, 6) is 0. The Morgan fingerprint density at radius 1 is 0.913 bits per heavy atom. The van der Waals surface area contributed by atoms with Crippen molar-refractivity contribution in [2.75, 3.05) is 0 Å². The van der Waals surface area contributed by atoms with Gasteiger partial charge in [0.15, 0.2) is 0 Å². The number of rotatable bonds is 1. The average molecular weight is 333 g/mol. The van der Waals surface area contributed by atoms with E-state index in [-0.39, 0.29) is 0 Å². The molecule has 0 aromatic heterocycles. The van der Waals surface area contributed by atoms with Crippen molar-refractivity contribution in [2.45, 2.75) is 61.8 Å². The van der Waals surface area contributed by atoms with E-state index in [0.29, 0.717) is 5.41 Å². The molecule has 0 fully saturated rings. The number of benzene rings is 1. The normalized spacial score (nSPS) is 13.6. The molecule has 1 aliphatic carbocycles. The topological polar surface area (TPSA) is 0 Å². The van der Waals surface area contributed by atoms with Crippen LogP contribution in [0.4, 0.5) is 0 Å². The van der Waals surface area contributed by atoms with Gasteiger partial charge in [0.1, 0.15) is 0 Å². The third-order valence-electron chi connectivity index (χ3n) is 3.42. The van der Waals surface area contributed by atoms with Gasteiger partial charge in [0.05, 0.1) is 0 Å². The zero-order valence-electron chi connectivity index (χ0n) is 16.2. The van der Waals surface area contributed by atoms with Gasteiger partial charge in [-0.25, -0.2) is 0 Å². The van der Waals surface area contributed by atoms with Crippen molar-refractivity contribution >= 4 is 11.6 Å². The van der Waals surface area contributed by atoms with E-state index in [0.717, 1.165) is 22.6 Å². The van der Waals surface area contributed by atoms with Crippen LogP contribution in [0.3, 0.4) is 0 Å². The molecule has 1 heteroatoms. The van der Waals surface area contributed by atoms with Crippen LogP contribution in [-0.4, -0.2) is 0 Å². The molecule has 0 heterocycles. The summed E-state index contributed by atoms with van der Waals surface area (Å²) in [6.07, 6.45) is 1.01. The molecular weight excluding hydrogens is 300 g/mol. The Labute approximate surface area is 149 Å². The van der Waals surface area contributed by atoms with Gasteiger partial charge in [-0.1, -0.05) is 71.5 Å². The van der Waals surface area contributed by atoms with Crippen molar-refractivity contribution in [1.82, 2.24) is 0 Å². The molecule has 0 nitrogen and oxygen atoms in total. The highest BCUT2D eigenvalue weighted by atomic mass is 35.5. The summed E-state index contributed by atoms with van der Waals surface area (Å²) in [6, 6.07) is 6.17. The Balaban J connectivity index is 0.000000335. The second kappa shape index (κ2) is 9.13. The third kappa shape index (κ3) is 8.23. The molecule has 1 aromatic carbocycles. The van der Waals surface area contributed by atoms with Gasteiger partial charge >= 0.3 is 0 Å². The van der Waals surface area contributed by atoms with Crippen LogP contribution in [0.1, 0.15) is 59.6 Å². The summed E-state index contributed by atoms with van der Waals surface area (Å²) in [6.45, 7) is 24.7. The van der Waals surface area contributed by atoms with E-state index < -0.39 is 0 Å². The molecule has 128 valence electrons. The molecule has 0 unspecified atom stereocenters. The van der Waals surface area contributed by atoms with Crippen LogP contribution in [0.5, 0.6) is 0 Å². The number of hydrogen-bond acceptors (Lipinski definition) is 0. The number of allylic oxidation sites excluding steroid dienone is 4. The molecule has 2 rings (SSSR count). The van der Waals surface area contributed by atoms with E-state index in [1.54, 1.807) is 0 Å². The molecule has 0 saturated heterocycles. The summed E-state index contributed by atoms with van der Waals surface area (Å²) in [7, 11) is 0. The van der Waals surface area contributed by atoms with Crippen LogP contribution in [0.15, 0.2) is 53.6 Å². The van der Waals surface area contributed by atoms with Crippen LogP contribution >= 0.6 is 11.6 Å². The molecule has 0 bridgehead atoms. The molecular formula is C22H33Cl. The van der Waals surface area contributed by atoms with E-state index in [2.05, 4.69) is 73.8 Å². The standard InChI is InChI=1S/C9H11Cl.C8H10.C5H12/c1-3-8-5-4-7(2)6-9(8)10;1-5-6(2)8(4)7(5)3;1-5(2,3)4/h4-6H,3H2,1-2H3;1-2H2,3-4H3;1-4H3. The van der Waals surface area contributed by atoms with E-state index >= 15 is 0 Å². The molecule has 0 aliphatic heterocycles. The van der Waals surface area contributed by atoms with Gasteiger partial charge in [-0.3, -0.25) is 0 Å². The minimum Gasteiger partial charge on any atom is -0.0909 e. The first-order valence-electron chi connectivity index (χ1n) is 8.19. The fraction of sp³-hybridized carbons (Fsp3) is 0.455. The Bertz CT molecular complexity index is 567. The van der Waals surface area contributed by atoms with Gasteiger partial charge in [-0.05, 0) is 72.1 Å². The number of hydrogen-bond donors (Lipinski definition) is 0. The first-order chi connectivity index (χ1) is 10.4. The minimum atomic E-state index is 0.500. The van der Waals surface area contributed by atoms with Gasteiger partial charge < -0.3 is 0 Å². The SMILES string of the molecule is C=C1C(=C)C(C)=C1C.CC(C)(C)C.CCc1ccc(C)cc1Cl. The Morgan fingerprint density at radius 2 is 1.30 bits per heavy atom. The molecule has 0 N–H and O–H groups in total. The molecule has 0 atom stereocenters. The smallest absolute Gasteiger partial charge is 0.0440 e. The lowest BCUT2D eigenvalue weighted by molar-refractivity contribution is 0.469. The quantitative estimate of drug-likeness (QED) is 0.494. The Morgan fingerprint density at radius 3 is 1.57 bits per heavy atom. The summed E-state index contributed by atoms with van der Waals surface area (Å²) < 4.78 is 0. The van der Waals surface area contributed by atoms with Gasteiger partial charge in [0, 0.05) is 5.02 Å². The van der Waals surface area contributed by atoms with E-state index in [1.165, 1.54) is 22.3 Å². The summed E-state index contributed by atoms with van der Waals surface area (Å²) >= 11 is 5.93. The van der Waals surface area contributed by atoms with E-state index in [4.69, 9.17) is 11.6 Å². The van der Waals surface area contributed by atoms with Crippen molar-refractivity contribution in [3.8, 4) is 0 Å². The molecule has 0 saturated carbocycles. The fourth-order valence-corrected chi connectivity index (χ4v) is 2.15. The molecule has 0 radical (unpaired) electrons. The third-order valence-corrected chi connectivity index (χ3v) is 3.77. The van der Waals surface area contributed by atoms with Crippen molar-refractivity contribution in [2.24, 2.45) is 5.41 Å². The fourth-order valence-electron chi connectivity index (χ4n) is 1.78. The average Bonchev–Trinajstić information content (AvgIpc) is 2.44. The molecule has 1 aliphatic rings. The second-order valence-corrected chi connectivity index (χ2v) is 8.06. The molecule has 0 amide bonds. The van der Waals surface area contributed by atoms with Crippen LogP contribution in [-0.2, 0) is 6.42 Å². The molecule has 23 heavy (non-hydrogen) atoms. The maximum atomic E-state index is 5.93. The highest BCUT2D eigenvalue weighted by molar-refractivity contribution is 6.31. The van der Waals surface area contributed by atoms with Gasteiger partial charge in [0.25, 0.3) is 0 Å². The summed E-state index contributed by atoms with van der Waals surface area (Å²) in [4.78, 5) is 0. The lowest BCUT2D eigenvalue weighted by Gasteiger charge is -2.23. The van der Waals surface area contributed by atoms with Crippen LogP contribution in [0.2, 0.25) is 5.02 Å². The van der Waals surface area contributed by atoms with Gasteiger partial charge in [-0.2, -0.15) is 0 Å². The largest absolute Gasteiger partial charge is 0.0909 e. The summed E-state index contributed by atoms with van der Waals surface area (Å²) in [5.41, 5.74) is 7.84. The predicted octanol–water partition coefficient (Wildman–Crippen LogP) is 7.71. The number of halogens is 1. The van der Waals surface area contributed by atoms with Crippen molar-refractivity contribution in [3.63, 3.8) is 0 Å². The first-order valence-corrected chi connectivity index (χ1v) is 8.57. The minimum absolute atomic E-state index is 0.500. The molecule has 1 aromatic rings. The predicted molar refractivity (Wildman–Crippen MR) is 107 cm³/mol. The van der Waals surface area contributed by atoms with Crippen LogP contribution < -0.4 is 0 Å². The van der Waals surface area contributed by atoms with Crippen molar-refractivity contribution in [1.29, 1.82) is 0 Å². The van der Waals surface area contributed by atoms with Gasteiger partial charge in [-0.15, -0.1) is 0 Å². The number of aryl methyl sites for hydroxylation is 2. The van der Waals surface area contributed by atoms with E-state index in [1.807, 2.05) is 13.0 Å². The van der Waals surface area contributed by atoms with Gasteiger partial charge in [0.2, 0.25) is 0 Å². The second-order valence-electron chi connectivity index (χ2n) is 7.66. The zero-order chi connectivity index (χ0) is 18.4.